The van der Waals surface area contributed by atoms with Gasteiger partial charge in [-0.1, -0.05) is 5.16 Å². The van der Waals surface area contributed by atoms with Crippen molar-refractivity contribution in [3.05, 3.63) is 44.9 Å². The van der Waals surface area contributed by atoms with Crippen molar-refractivity contribution in [1.82, 2.24) is 19.3 Å². The third-order valence-electron chi connectivity index (χ3n) is 3.23. The van der Waals surface area contributed by atoms with Crippen molar-refractivity contribution in [3.63, 3.8) is 0 Å². The highest BCUT2D eigenvalue weighted by atomic mass is 16.5. The molecule has 0 aromatic carbocycles. The number of hydrogen-bond acceptors (Lipinski definition) is 6. The van der Waals surface area contributed by atoms with Crippen LogP contribution in [0, 0.1) is 6.92 Å². The Labute approximate surface area is 118 Å². The second-order valence-electron chi connectivity index (χ2n) is 4.71. The largest absolute Gasteiger partial charge is 0.360 e. The van der Waals surface area contributed by atoms with Crippen LogP contribution in [0.2, 0.25) is 0 Å². The quantitative estimate of drug-likeness (QED) is 0.744. The van der Waals surface area contributed by atoms with Gasteiger partial charge in [-0.15, -0.1) is 0 Å². The summed E-state index contributed by atoms with van der Waals surface area (Å²) in [6.45, 7) is 1.77. The first-order valence-corrected chi connectivity index (χ1v) is 6.24. The van der Waals surface area contributed by atoms with E-state index in [2.05, 4.69) is 15.5 Å². The molecule has 0 radical (unpaired) electrons. The van der Waals surface area contributed by atoms with Crippen molar-refractivity contribution in [3.8, 4) is 0 Å². The van der Waals surface area contributed by atoms with Gasteiger partial charge in [0.25, 0.3) is 5.56 Å². The summed E-state index contributed by atoms with van der Waals surface area (Å²) in [7, 11) is 3.00. The van der Waals surface area contributed by atoms with Crippen molar-refractivity contribution in [2.45, 2.75) is 6.92 Å². The maximum absolute atomic E-state index is 12.3. The Hall–Kier alpha value is -2.90. The van der Waals surface area contributed by atoms with Crippen molar-refractivity contribution >= 4 is 22.5 Å². The normalized spacial score (nSPS) is 11.0. The number of anilines is 2. The van der Waals surface area contributed by atoms with Crippen molar-refractivity contribution in [2.24, 2.45) is 14.1 Å². The molecule has 0 aliphatic carbocycles. The first-order chi connectivity index (χ1) is 9.99. The standard InChI is InChI=1S/C13H13N5O3/c1-7-6-9(16-21-7)15-8-4-5-14-11-10(8)12(19)18(3)13(20)17(11)2/h4-6H,1-3H3,(H,14,15,16). The molecule has 3 aromatic rings. The van der Waals surface area contributed by atoms with Crippen LogP contribution in [0.15, 0.2) is 32.4 Å². The third-order valence-corrected chi connectivity index (χ3v) is 3.23. The number of hydrogen-bond donors (Lipinski definition) is 1. The second kappa shape index (κ2) is 4.58. The smallest absolute Gasteiger partial charge is 0.332 e. The number of rotatable bonds is 2. The van der Waals surface area contributed by atoms with Crippen LogP contribution in [0.5, 0.6) is 0 Å². The summed E-state index contributed by atoms with van der Waals surface area (Å²) in [5, 5.41) is 7.16. The molecule has 0 atom stereocenters. The predicted octanol–water partition coefficient (Wildman–Crippen LogP) is 0.672. The molecular weight excluding hydrogens is 274 g/mol. The molecule has 0 amide bonds. The molecular formula is C13H13N5O3. The van der Waals surface area contributed by atoms with Crippen LogP contribution in [0.1, 0.15) is 5.76 Å². The Balaban J connectivity index is 2.29. The minimum absolute atomic E-state index is 0.313. The molecule has 3 heterocycles. The molecule has 108 valence electrons. The molecule has 0 aliphatic heterocycles. The molecule has 1 N–H and O–H groups in total. The topological polar surface area (TPSA) is 95.0 Å². The van der Waals surface area contributed by atoms with Gasteiger partial charge < -0.3 is 9.84 Å². The van der Waals surface area contributed by atoms with E-state index in [1.807, 2.05) is 0 Å². The number of fused-ring (bicyclic) bond motifs is 1. The zero-order valence-corrected chi connectivity index (χ0v) is 11.7. The van der Waals surface area contributed by atoms with E-state index in [0.717, 1.165) is 4.57 Å². The van der Waals surface area contributed by atoms with Gasteiger partial charge in [0.2, 0.25) is 0 Å². The molecule has 0 saturated carbocycles. The zero-order chi connectivity index (χ0) is 15.1. The van der Waals surface area contributed by atoms with Crippen LogP contribution in [-0.4, -0.2) is 19.3 Å². The fourth-order valence-electron chi connectivity index (χ4n) is 2.15. The van der Waals surface area contributed by atoms with Crippen LogP contribution in [0.3, 0.4) is 0 Å². The average molecular weight is 287 g/mol. The second-order valence-corrected chi connectivity index (χ2v) is 4.71. The minimum atomic E-state index is -0.422. The van der Waals surface area contributed by atoms with Crippen LogP contribution >= 0.6 is 0 Å². The predicted molar refractivity (Wildman–Crippen MR) is 76.7 cm³/mol. The first-order valence-electron chi connectivity index (χ1n) is 6.24. The molecule has 0 unspecified atom stereocenters. The number of pyridine rings is 1. The minimum Gasteiger partial charge on any atom is -0.360 e. The van der Waals surface area contributed by atoms with E-state index in [1.165, 1.54) is 17.8 Å². The summed E-state index contributed by atoms with van der Waals surface area (Å²) in [4.78, 5) is 28.4. The summed E-state index contributed by atoms with van der Waals surface area (Å²) in [6, 6.07) is 3.36. The third kappa shape index (κ3) is 2.00. The van der Waals surface area contributed by atoms with Crippen LogP contribution in [0.25, 0.3) is 11.0 Å². The van der Waals surface area contributed by atoms with E-state index in [9.17, 15) is 9.59 Å². The van der Waals surface area contributed by atoms with Crippen LogP contribution in [-0.2, 0) is 14.1 Å². The maximum atomic E-state index is 12.3. The van der Waals surface area contributed by atoms with Crippen molar-refractivity contribution < 1.29 is 4.52 Å². The van der Waals surface area contributed by atoms with Crippen molar-refractivity contribution in [2.75, 3.05) is 5.32 Å². The summed E-state index contributed by atoms with van der Waals surface area (Å²) in [5.74, 6) is 1.13. The summed E-state index contributed by atoms with van der Waals surface area (Å²) >= 11 is 0. The van der Waals surface area contributed by atoms with Gasteiger partial charge in [-0.2, -0.15) is 0 Å². The van der Waals surface area contributed by atoms with Gasteiger partial charge in [0.1, 0.15) is 11.1 Å². The van der Waals surface area contributed by atoms with E-state index in [0.29, 0.717) is 28.3 Å². The molecule has 0 bridgehead atoms. The molecule has 0 aliphatic rings. The Kier molecular flexibility index (Phi) is 2.86. The molecule has 0 spiro atoms. The van der Waals surface area contributed by atoms with Crippen LogP contribution < -0.4 is 16.6 Å². The number of aryl methyl sites for hydroxylation is 2. The van der Waals surface area contributed by atoms with E-state index in [4.69, 9.17) is 4.52 Å². The SMILES string of the molecule is Cc1cc(Nc2ccnc3c2c(=O)n(C)c(=O)n3C)no1. The Bertz CT molecular complexity index is 951. The monoisotopic (exact) mass is 287 g/mol. The summed E-state index contributed by atoms with van der Waals surface area (Å²) in [6.07, 6.45) is 1.52. The van der Waals surface area contributed by atoms with E-state index in [1.54, 1.807) is 26.1 Å². The summed E-state index contributed by atoms with van der Waals surface area (Å²) in [5.41, 5.74) is -0.00355. The fraction of sp³-hybridized carbons (Fsp3) is 0.231. The van der Waals surface area contributed by atoms with E-state index >= 15 is 0 Å². The lowest BCUT2D eigenvalue weighted by atomic mass is 10.2. The Morgan fingerprint density at radius 1 is 1.24 bits per heavy atom. The number of nitrogens with one attached hydrogen (secondary N) is 1. The Morgan fingerprint density at radius 2 is 2.00 bits per heavy atom. The van der Waals surface area contributed by atoms with Gasteiger partial charge in [-0.05, 0) is 13.0 Å². The lowest BCUT2D eigenvalue weighted by molar-refractivity contribution is 0.400. The van der Waals surface area contributed by atoms with Gasteiger partial charge in [-0.3, -0.25) is 13.9 Å². The van der Waals surface area contributed by atoms with Crippen molar-refractivity contribution in [1.29, 1.82) is 0 Å². The molecule has 0 fully saturated rings. The zero-order valence-electron chi connectivity index (χ0n) is 11.7. The lowest BCUT2D eigenvalue weighted by Crippen LogP contribution is -2.37. The van der Waals surface area contributed by atoms with Gasteiger partial charge in [0.05, 0.1) is 5.69 Å². The van der Waals surface area contributed by atoms with E-state index in [-0.39, 0.29) is 0 Å². The summed E-state index contributed by atoms with van der Waals surface area (Å²) < 4.78 is 7.35. The first kappa shape index (κ1) is 13.1. The Morgan fingerprint density at radius 3 is 2.67 bits per heavy atom. The molecule has 3 aromatic heterocycles. The molecule has 21 heavy (non-hydrogen) atoms. The lowest BCUT2D eigenvalue weighted by Gasteiger charge is -2.10. The number of nitrogens with zero attached hydrogens (tertiary/aromatic N) is 4. The van der Waals surface area contributed by atoms with Gasteiger partial charge in [-0.25, -0.2) is 9.78 Å². The average Bonchev–Trinajstić information content (AvgIpc) is 2.88. The van der Waals surface area contributed by atoms with Gasteiger partial charge in [0, 0.05) is 26.4 Å². The fourth-order valence-corrected chi connectivity index (χ4v) is 2.15. The van der Waals surface area contributed by atoms with Gasteiger partial charge in [0.15, 0.2) is 11.5 Å². The highest BCUT2D eigenvalue weighted by Gasteiger charge is 2.14. The molecule has 3 rings (SSSR count). The van der Waals surface area contributed by atoms with Gasteiger partial charge >= 0.3 is 5.69 Å². The highest BCUT2D eigenvalue weighted by Crippen LogP contribution is 2.21. The maximum Gasteiger partial charge on any atom is 0.332 e. The highest BCUT2D eigenvalue weighted by molar-refractivity contribution is 5.89. The molecule has 8 heteroatoms. The van der Waals surface area contributed by atoms with E-state index < -0.39 is 11.2 Å². The number of aromatic nitrogens is 4. The van der Waals surface area contributed by atoms with Crippen LogP contribution in [0.4, 0.5) is 11.5 Å². The molecule has 0 saturated heterocycles. The molecule has 8 nitrogen and oxygen atoms in total.